The van der Waals surface area contributed by atoms with E-state index in [0.717, 1.165) is 5.01 Å². The summed E-state index contributed by atoms with van der Waals surface area (Å²) in [5.74, 6) is 0.864. The first kappa shape index (κ1) is 20.2. The highest BCUT2D eigenvalue weighted by Gasteiger charge is 2.20. The number of non-ortho nitro benzene ring substituents is 1. The number of nitro groups is 1. The number of rotatable bonds is 7. The van der Waals surface area contributed by atoms with Crippen LogP contribution >= 0.6 is 11.3 Å². The molecule has 10 heteroatoms. The molecule has 0 atom stereocenters. The van der Waals surface area contributed by atoms with Crippen molar-refractivity contribution < 1.29 is 19.2 Å². The molecule has 0 bridgehead atoms. The molecule has 0 aliphatic heterocycles. The standard InChI is InChI=1S/C19H18N4O5S/c1-11(2)18-21-22-19(29-18)20-17(24)15-10-12(23(25)26)4-9-16(15)28-14-7-5-13(27-3)6-8-14/h4-11H,1-3H3,(H,20,22,24). The maximum atomic E-state index is 12.8. The summed E-state index contributed by atoms with van der Waals surface area (Å²) < 4.78 is 10.9. The van der Waals surface area contributed by atoms with Crippen molar-refractivity contribution >= 4 is 28.1 Å². The van der Waals surface area contributed by atoms with Crippen LogP contribution in [0.5, 0.6) is 17.2 Å². The number of aromatic nitrogens is 2. The summed E-state index contributed by atoms with van der Waals surface area (Å²) in [6.45, 7) is 3.93. The quantitative estimate of drug-likeness (QED) is 0.443. The zero-order chi connectivity index (χ0) is 21.0. The van der Waals surface area contributed by atoms with Crippen molar-refractivity contribution in [3.8, 4) is 17.2 Å². The van der Waals surface area contributed by atoms with Gasteiger partial charge in [0.25, 0.3) is 11.6 Å². The van der Waals surface area contributed by atoms with Crippen LogP contribution in [0.25, 0.3) is 0 Å². The molecule has 29 heavy (non-hydrogen) atoms. The molecule has 1 N–H and O–H groups in total. The highest BCUT2D eigenvalue weighted by atomic mass is 32.1. The monoisotopic (exact) mass is 414 g/mol. The van der Waals surface area contributed by atoms with E-state index in [1.807, 2.05) is 13.8 Å². The maximum Gasteiger partial charge on any atom is 0.270 e. The predicted octanol–water partition coefficient (Wildman–Crippen LogP) is 4.62. The number of benzene rings is 2. The molecule has 0 unspecified atom stereocenters. The van der Waals surface area contributed by atoms with Gasteiger partial charge in [-0.05, 0) is 30.3 Å². The second-order valence-electron chi connectivity index (χ2n) is 6.27. The Labute approximate surface area is 170 Å². The van der Waals surface area contributed by atoms with Gasteiger partial charge in [0.1, 0.15) is 22.3 Å². The molecule has 3 aromatic rings. The molecule has 150 valence electrons. The van der Waals surface area contributed by atoms with Crippen molar-refractivity contribution in [3.05, 3.63) is 63.1 Å². The predicted molar refractivity (Wildman–Crippen MR) is 108 cm³/mol. The Balaban J connectivity index is 1.89. The van der Waals surface area contributed by atoms with E-state index in [9.17, 15) is 14.9 Å². The van der Waals surface area contributed by atoms with E-state index in [1.54, 1.807) is 31.4 Å². The summed E-state index contributed by atoms with van der Waals surface area (Å²) in [6, 6.07) is 10.6. The Bertz CT molecular complexity index is 1030. The third-order valence-corrected chi connectivity index (χ3v) is 5.00. The highest BCUT2D eigenvalue weighted by molar-refractivity contribution is 7.15. The Hall–Kier alpha value is -3.53. The van der Waals surface area contributed by atoms with Crippen molar-refractivity contribution in [2.24, 2.45) is 0 Å². The van der Waals surface area contributed by atoms with Crippen molar-refractivity contribution in [2.75, 3.05) is 12.4 Å². The molecule has 0 aliphatic rings. The average molecular weight is 414 g/mol. The zero-order valence-corrected chi connectivity index (χ0v) is 16.7. The summed E-state index contributed by atoms with van der Waals surface area (Å²) in [4.78, 5) is 23.4. The minimum atomic E-state index is -0.580. The number of hydrogen-bond donors (Lipinski definition) is 1. The molecule has 3 rings (SSSR count). The van der Waals surface area contributed by atoms with Gasteiger partial charge in [0.15, 0.2) is 0 Å². The molecule has 0 saturated carbocycles. The highest BCUT2D eigenvalue weighted by Crippen LogP contribution is 2.31. The minimum Gasteiger partial charge on any atom is -0.497 e. The Kier molecular flexibility index (Phi) is 6.03. The van der Waals surface area contributed by atoms with Crippen LogP contribution in [0.4, 0.5) is 10.8 Å². The number of amides is 1. The molecule has 0 saturated heterocycles. The van der Waals surface area contributed by atoms with Gasteiger partial charge in [0.05, 0.1) is 17.6 Å². The van der Waals surface area contributed by atoms with Gasteiger partial charge in [-0.1, -0.05) is 25.2 Å². The first-order chi connectivity index (χ1) is 13.9. The van der Waals surface area contributed by atoms with Gasteiger partial charge in [-0.2, -0.15) is 0 Å². The van der Waals surface area contributed by atoms with Gasteiger partial charge in [-0.15, -0.1) is 10.2 Å². The lowest BCUT2D eigenvalue weighted by atomic mass is 10.1. The van der Waals surface area contributed by atoms with E-state index in [0.29, 0.717) is 16.6 Å². The first-order valence-electron chi connectivity index (χ1n) is 8.62. The lowest BCUT2D eigenvalue weighted by molar-refractivity contribution is -0.384. The van der Waals surface area contributed by atoms with E-state index < -0.39 is 10.8 Å². The van der Waals surface area contributed by atoms with E-state index in [4.69, 9.17) is 9.47 Å². The molecular formula is C19H18N4O5S. The smallest absolute Gasteiger partial charge is 0.270 e. The van der Waals surface area contributed by atoms with Crippen molar-refractivity contribution in [2.45, 2.75) is 19.8 Å². The topological polar surface area (TPSA) is 116 Å². The van der Waals surface area contributed by atoms with Gasteiger partial charge in [0, 0.05) is 18.1 Å². The molecular weight excluding hydrogens is 396 g/mol. The van der Waals surface area contributed by atoms with Gasteiger partial charge < -0.3 is 9.47 Å². The maximum absolute atomic E-state index is 12.8. The van der Waals surface area contributed by atoms with E-state index in [2.05, 4.69) is 15.5 Å². The van der Waals surface area contributed by atoms with Crippen LogP contribution in [0.1, 0.15) is 35.1 Å². The van der Waals surface area contributed by atoms with Gasteiger partial charge in [-0.25, -0.2) is 0 Å². The number of hydrogen-bond acceptors (Lipinski definition) is 8. The number of nitrogens with zero attached hydrogens (tertiary/aromatic N) is 3. The Morgan fingerprint density at radius 3 is 2.41 bits per heavy atom. The Morgan fingerprint density at radius 1 is 1.14 bits per heavy atom. The lowest BCUT2D eigenvalue weighted by Crippen LogP contribution is -2.13. The Morgan fingerprint density at radius 2 is 1.83 bits per heavy atom. The largest absolute Gasteiger partial charge is 0.497 e. The van der Waals surface area contributed by atoms with Crippen molar-refractivity contribution in [3.63, 3.8) is 0 Å². The van der Waals surface area contributed by atoms with Gasteiger partial charge >= 0.3 is 0 Å². The van der Waals surface area contributed by atoms with Crippen LogP contribution in [0.2, 0.25) is 0 Å². The third kappa shape index (κ3) is 4.85. The molecule has 1 aromatic heterocycles. The molecule has 0 radical (unpaired) electrons. The molecule has 0 fully saturated rings. The van der Waals surface area contributed by atoms with Crippen LogP contribution in [0, 0.1) is 10.1 Å². The summed E-state index contributed by atoms with van der Waals surface area (Å²) in [7, 11) is 1.55. The summed E-state index contributed by atoms with van der Waals surface area (Å²) in [5.41, 5.74) is -0.214. The van der Waals surface area contributed by atoms with Gasteiger partial charge in [0.2, 0.25) is 5.13 Å². The molecule has 1 heterocycles. The summed E-state index contributed by atoms with van der Waals surface area (Å²) >= 11 is 1.25. The fraction of sp³-hybridized carbons (Fsp3) is 0.211. The SMILES string of the molecule is COc1ccc(Oc2ccc([N+](=O)[O-])cc2C(=O)Nc2nnc(C(C)C)s2)cc1. The first-order valence-corrected chi connectivity index (χ1v) is 9.44. The number of carbonyl (C=O) groups excluding carboxylic acids is 1. The van der Waals surface area contributed by atoms with Crippen LogP contribution in [-0.4, -0.2) is 28.1 Å². The molecule has 0 aliphatic carbocycles. The summed E-state index contributed by atoms with van der Waals surface area (Å²) in [6.07, 6.45) is 0. The van der Waals surface area contributed by atoms with Crippen molar-refractivity contribution in [1.29, 1.82) is 0 Å². The fourth-order valence-electron chi connectivity index (χ4n) is 2.35. The van der Waals surface area contributed by atoms with Crippen molar-refractivity contribution in [1.82, 2.24) is 10.2 Å². The fourth-order valence-corrected chi connectivity index (χ4v) is 3.09. The van der Waals surface area contributed by atoms with Gasteiger partial charge in [-0.3, -0.25) is 20.2 Å². The molecule has 9 nitrogen and oxygen atoms in total. The van der Waals surface area contributed by atoms with Crippen LogP contribution < -0.4 is 14.8 Å². The normalized spacial score (nSPS) is 10.6. The second kappa shape index (κ2) is 8.65. The second-order valence-corrected chi connectivity index (χ2v) is 7.28. The number of carbonyl (C=O) groups is 1. The number of ether oxygens (including phenoxy) is 2. The van der Waals surface area contributed by atoms with Crippen LogP contribution in [-0.2, 0) is 0 Å². The lowest BCUT2D eigenvalue weighted by Gasteiger charge is -2.11. The van der Waals surface area contributed by atoms with E-state index in [-0.39, 0.29) is 22.9 Å². The van der Waals surface area contributed by atoms with E-state index in [1.165, 1.54) is 29.5 Å². The summed E-state index contributed by atoms with van der Waals surface area (Å²) in [5, 5.41) is 22.8. The van der Waals surface area contributed by atoms with E-state index >= 15 is 0 Å². The zero-order valence-electron chi connectivity index (χ0n) is 15.9. The molecule has 1 amide bonds. The third-order valence-electron chi connectivity index (χ3n) is 3.86. The molecule has 2 aromatic carbocycles. The minimum absolute atomic E-state index is 0.0105. The number of nitrogens with one attached hydrogen (secondary N) is 1. The van der Waals surface area contributed by atoms with Crippen LogP contribution in [0.3, 0.4) is 0 Å². The number of anilines is 1. The molecule has 0 spiro atoms. The average Bonchev–Trinajstić information content (AvgIpc) is 3.17. The number of nitro benzene ring substituents is 1. The van der Waals surface area contributed by atoms with Crippen LogP contribution in [0.15, 0.2) is 42.5 Å². The number of methoxy groups -OCH3 is 1.